The van der Waals surface area contributed by atoms with Gasteiger partial charge in [0.2, 0.25) is 11.0 Å². The largest absolute Gasteiger partial charge is 0.378 e. The maximum Gasteiger partial charge on any atom is 0.329 e. The number of nitro groups is 1. The Bertz CT molecular complexity index is 627. The fraction of sp³-hybridized carbons (Fsp3) is 0.250. The lowest BCUT2D eigenvalue weighted by Gasteiger charge is -2.01. The Morgan fingerprint density at radius 3 is 2.79 bits per heavy atom. The molecule has 0 spiro atoms. The van der Waals surface area contributed by atoms with Gasteiger partial charge in [-0.25, -0.2) is 9.66 Å². The van der Waals surface area contributed by atoms with E-state index in [1.165, 1.54) is 4.68 Å². The zero-order valence-corrected chi connectivity index (χ0v) is 10.7. The summed E-state index contributed by atoms with van der Waals surface area (Å²) >= 11 is 1.02. The van der Waals surface area contributed by atoms with Crippen LogP contribution in [0.25, 0.3) is 0 Å². The van der Waals surface area contributed by atoms with Crippen LogP contribution in [-0.2, 0) is 6.42 Å². The molecule has 0 aliphatic carbocycles. The van der Waals surface area contributed by atoms with Crippen LogP contribution in [0.15, 0.2) is 16.5 Å². The fourth-order valence-corrected chi connectivity index (χ4v) is 1.96. The van der Waals surface area contributed by atoms with Crippen LogP contribution in [0.1, 0.15) is 12.7 Å². The molecule has 19 heavy (non-hydrogen) atoms. The van der Waals surface area contributed by atoms with E-state index in [9.17, 15) is 10.1 Å². The van der Waals surface area contributed by atoms with E-state index in [4.69, 9.17) is 11.6 Å². The van der Waals surface area contributed by atoms with E-state index in [1.807, 2.05) is 6.92 Å². The third kappa shape index (κ3) is 2.54. The monoisotopic (exact) mass is 282 g/mol. The minimum atomic E-state index is -0.648. The lowest BCUT2D eigenvalue weighted by Crippen LogP contribution is -2.13. The number of rotatable bonds is 4. The first-order chi connectivity index (χ1) is 9.02. The molecular weight excluding hydrogens is 272 g/mol. The van der Waals surface area contributed by atoms with E-state index in [0.29, 0.717) is 17.4 Å². The van der Waals surface area contributed by atoms with Crippen LogP contribution >= 0.6 is 11.8 Å². The minimum Gasteiger partial charge on any atom is -0.378 e. The summed E-state index contributed by atoms with van der Waals surface area (Å²) in [6.07, 6.45) is 1.68. The summed E-state index contributed by atoms with van der Waals surface area (Å²) in [4.78, 5) is 17.6. The molecule has 4 N–H and O–H groups in total. The van der Waals surface area contributed by atoms with Crippen LogP contribution in [0.4, 0.5) is 11.5 Å². The van der Waals surface area contributed by atoms with Crippen LogP contribution in [0.3, 0.4) is 0 Å². The summed E-state index contributed by atoms with van der Waals surface area (Å²) in [7, 11) is 0. The molecule has 0 aliphatic heterocycles. The van der Waals surface area contributed by atoms with Gasteiger partial charge in [0.1, 0.15) is 6.20 Å². The Morgan fingerprint density at radius 2 is 2.26 bits per heavy atom. The van der Waals surface area contributed by atoms with Gasteiger partial charge in [-0.3, -0.25) is 10.1 Å². The molecule has 0 aromatic carbocycles. The van der Waals surface area contributed by atoms with Crippen molar-refractivity contribution in [3.8, 4) is 0 Å². The smallest absolute Gasteiger partial charge is 0.329 e. The summed E-state index contributed by atoms with van der Waals surface area (Å²) < 4.78 is 1.31. The van der Waals surface area contributed by atoms with Crippen molar-refractivity contribution in [2.75, 3.05) is 11.6 Å². The molecule has 0 aliphatic rings. The number of hydrogen-bond acceptors (Lipinski definition) is 9. The first-order valence-corrected chi connectivity index (χ1v) is 5.98. The maximum absolute atomic E-state index is 10.6. The second-order valence-corrected chi connectivity index (χ2v) is 4.34. The second-order valence-electron chi connectivity index (χ2n) is 3.40. The molecule has 0 unspecified atom stereocenters. The average molecular weight is 282 g/mol. The second kappa shape index (κ2) is 5.06. The highest BCUT2D eigenvalue weighted by Crippen LogP contribution is 2.25. The van der Waals surface area contributed by atoms with E-state index in [0.717, 1.165) is 18.0 Å². The van der Waals surface area contributed by atoms with Gasteiger partial charge in [-0.2, -0.15) is 4.98 Å². The highest BCUT2D eigenvalue weighted by atomic mass is 32.2. The number of nitrogen functional groups attached to an aromatic ring is 2. The predicted octanol–water partition coefficient (Wildman–Crippen LogP) is -0.0141. The zero-order valence-electron chi connectivity index (χ0n) is 9.85. The Hall–Kier alpha value is -2.43. The summed E-state index contributed by atoms with van der Waals surface area (Å²) in [5, 5.41) is 18.9. The Kier molecular flexibility index (Phi) is 3.46. The van der Waals surface area contributed by atoms with Gasteiger partial charge in [-0.05, 0) is 11.8 Å². The van der Waals surface area contributed by atoms with Crippen molar-refractivity contribution in [3.05, 3.63) is 22.1 Å². The molecule has 0 saturated heterocycles. The van der Waals surface area contributed by atoms with Crippen molar-refractivity contribution in [1.82, 2.24) is 24.8 Å². The summed E-state index contributed by atoms with van der Waals surface area (Å²) in [6.45, 7) is 1.89. The van der Waals surface area contributed by atoms with Gasteiger partial charge < -0.3 is 11.6 Å². The van der Waals surface area contributed by atoms with Gasteiger partial charge in [0, 0.05) is 6.42 Å². The molecule has 0 amide bonds. The molecule has 0 saturated carbocycles. The number of nitrogens with two attached hydrogens (primary N) is 2. The van der Waals surface area contributed by atoms with Gasteiger partial charge in [0.25, 0.3) is 0 Å². The molecule has 0 atom stereocenters. The molecule has 2 heterocycles. The van der Waals surface area contributed by atoms with Gasteiger partial charge >= 0.3 is 5.69 Å². The summed E-state index contributed by atoms with van der Waals surface area (Å²) in [6, 6.07) is 0. The van der Waals surface area contributed by atoms with Crippen molar-refractivity contribution < 1.29 is 4.92 Å². The molecule has 0 fully saturated rings. The molecule has 11 heteroatoms. The number of aromatic nitrogens is 5. The van der Waals surface area contributed by atoms with Crippen molar-refractivity contribution >= 4 is 23.3 Å². The fourth-order valence-electron chi connectivity index (χ4n) is 1.26. The van der Waals surface area contributed by atoms with Crippen LogP contribution < -0.4 is 11.6 Å². The SMILES string of the molecule is CCc1nnc(Sc2ncc([N+](=O)[O-])c(N)n2)n1N. The average Bonchev–Trinajstić information content (AvgIpc) is 2.70. The number of nitrogens with zero attached hydrogens (tertiary/aromatic N) is 6. The Morgan fingerprint density at radius 1 is 1.53 bits per heavy atom. The highest BCUT2D eigenvalue weighted by molar-refractivity contribution is 7.99. The van der Waals surface area contributed by atoms with Gasteiger partial charge in [0.05, 0.1) is 4.92 Å². The van der Waals surface area contributed by atoms with Gasteiger partial charge in [-0.1, -0.05) is 6.92 Å². The first kappa shape index (κ1) is 13.0. The Labute approximate surface area is 111 Å². The summed E-state index contributed by atoms with van der Waals surface area (Å²) in [5.41, 5.74) is 5.13. The Balaban J connectivity index is 2.26. The molecule has 100 valence electrons. The zero-order chi connectivity index (χ0) is 14.0. The normalized spacial score (nSPS) is 10.6. The number of hydrogen-bond donors (Lipinski definition) is 2. The summed E-state index contributed by atoms with van der Waals surface area (Å²) in [5.74, 6) is 6.16. The lowest BCUT2D eigenvalue weighted by atomic mass is 10.5. The molecule has 2 rings (SSSR count). The lowest BCUT2D eigenvalue weighted by molar-refractivity contribution is -0.384. The van der Waals surface area contributed by atoms with Crippen molar-refractivity contribution in [1.29, 1.82) is 0 Å². The molecule has 0 bridgehead atoms. The first-order valence-electron chi connectivity index (χ1n) is 5.17. The predicted molar refractivity (Wildman–Crippen MR) is 66.8 cm³/mol. The molecular formula is C8H10N8O2S. The van der Waals surface area contributed by atoms with E-state index in [2.05, 4.69) is 20.2 Å². The van der Waals surface area contributed by atoms with Crippen molar-refractivity contribution in [2.45, 2.75) is 23.7 Å². The molecule has 2 aromatic heterocycles. The quantitative estimate of drug-likeness (QED) is 0.341. The van der Waals surface area contributed by atoms with Gasteiger partial charge in [0.15, 0.2) is 11.0 Å². The topological polar surface area (TPSA) is 152 Å². The van der Waals surface area contributed by atoms with E-state index in [-0.39, 0.29) is 16.7 Å². The molecule has 0 radical (unpaired) electrons. The highest BCUT2D eigenvalue weighted by Gasteiger charge is 2.17. The standard InChI is InChI=1S/C8H10N8O2S/c1-2-5-13-14-8(15(5)10)19-7-11-3-4(16(17)18)6(9)12-7/h3H,2,10H2,1H3,(H2,9,11,12). The number of aryl methyl sites for hydroxylation is 1. The van der Waals surface area contributed by atoms with Crippen molar-refractivity contribution in [2.24, 2.45) is 0 Å². The van der Waals surface area contributed by atoms with E-state index >= 15 is 0 Å². The van der Waals surface area contributed by atoms with Crippen LogP contribution in [-0.4, -0.2) is 29.8 Å². The van der Waals surface area contributed by atoms with Crippen molar-refractivity contribution in [3.63, 3.8) is 0 Å². The minimum absolute atomic E-state index is 0.207. The van der Waals surface area contributed by atoms with Crippen LogP contribution in [0.5, 0.6) is 0 Å². The molecule has 10 nitrogen and oxygen atoms in total. The number of anilines is 1. The van der Waals surface area contributed by atoms with E-state index in [1.54, 1.807) is 0 Å². The van der Waals surface area contributed by atoms with Gasteiger partial charge in [-0.15, -0.1) is 10.2 Å². The van der Waals surface area contributed by atoms with Crippen LogP contribution in [0.2, 0.25) is 0 Å². The third-order valence-electron chi connectivity index (χ3n) is 2.21. The molecule has 2 aromatic rings. The van der Waals surface area contributed by atoms with E-state index < -0.39 is 4.92 Å². The van der Waals surface area contributed by atoms with Crippen LogP contribution in [0, 0.1) is 10.1 Å². The maximum atomic E-state index is 10.6. The third-order valence-corrected chi connectivity index (χ3v) is 3.05.